The van der Waals surface area contributed by atoms with Gasteiger partial charge >= 0.3 is 5.97 Å². The molecule has 1 heterocycles. The van der Waals surface area contributed by atoms with Crippen LogP contribution in [-0.2, 0) is 17.7 Å². The van der Waals surface area contributed by atoms with Crippen LogP contribution in [0.4, 0.5) is 4.39 Å². The highest BCUT2D eigenvalue weighted by molar-refractivity contribution is 5.90. The molecule has 0 spiro atoms. The highest BCUT2D eigenvalue weighted by atomic mass is 19.1. The van der Waals surface area contributed by atoms with Gasteiger partial charge in [0.15, 0.2) is 0 Å². The monoisotopic (exact) mass is 291 g/mol. The number of benzene rings is 1. The van der Waals surface area contributed by atoms with Gasteiger partial charge in [0.05, 0.1) is 13.7 Å². The third-order valence-electron chi connectivity index (χ3n) is 3.20. The molecule has 0 fully saturated rings. The van der Waals surface area contributed by atoms with Gasteiger partial charge < -0.3 is 14.5 Å². The van der Waals surface area contributed by atoms with E-state index in [1.807, 2.05) is 6.07 Å². The molecule has 0 aliphatic heterocycles. The molecule has 1 aromatic heterocycles. The summed E-state index contributed by atoms with van der Waals surface area (Å²) in [6.07, 6.45) is 0.593. The highest BCUT2D eigenvalue weighted by Crippen LogP contribution is 2.15. The van der Waals surface area contributed by atoms with Crippen molar-refractivity contribution in [2.24, 2.45) is 0 Å². The van der Waals surface area contributed by atoms with Crippen LogP contribution in [-0.4, -0.2) is 19.6 Å². The van der Waals surface area contributed by atoms with Crippen molar-refractivity contribution in [2.75, 3.05) is 13.7 Å². The van der Waals surface area contributed by atoms with Crippen LogP contribution in [0.3, 0.4) is 0 Å². The maximum atomic E-state index is 13.4. The molecule has 2 rings (SSSR count). The number of rotatable bonds is 6. The maximum Gasteiger partial charge on any atom is 0.341 e. The van der Waals surface area contributed by atoms with Crippen molar-refractivity contribution in [1.29, 1.82) is 0 Å². The quantitative estimate of drug-likeness (QED) is 0.657. The minimum absolute atomic E-state index is 0.193. The fraction of sp³-hybridized carbons (Fsp3) is 0.312. The van der Waals surface area contributed by atoms with Gasteiger partial charge in [0.25, 0.3) is 0 Å². The summed E-state index contributed by atoms with van der Waals surface area (Å²) in [6, 6.07) is 8.37. The fourth-order valence-corrected chi connectivity index (χ4v) is 2.08. The maximum absolute atomic E-state index is 13.4. The first-order valence-electron chi connectivity index (χ1n) is 6.73. The van der Waals surface area contributed by atoms with E-state index >= 15 is 0 Å². The molecule has 4 nitrogen and oxygen atoms in total. The molecule has 0 aliphatic carbocycles. The van der Waals surface area contributed by atoms with Crippen molar-refractivity contribution in [1.82, 2.24) is 5.32 Å². The number of carbonyl (C=O) groups excluding carboxylic acids is 1. The van der Waals surface area contributed by atoms with E-state index in [1.165, 1.54) is 13.2 Å². The van der Waals surface area contributed by atoms with E-state index in [-0.39, 0.29) is 5.82 Å². The lowest BCUT2D eigenvalue weighted by atomic mass is 10.1. The van der Waals surface area contributed by atoms with Gasteiger partial charge in [0.2, 0.25) is 0 Å². The topological polar surface area (TPSA) is 51.5 Å². The number of furan rings is 1. The molecule has 112 valence electrons. The Kier molecular flexibility index (Phi) is 5.11. The van der Waals surface area contributed by atoms with E-state index in [2.05, 4.69) is 10.1 Å². The Bertz CT molecular complexity index is 622. The van der Waals surface area contributed by atoms with Gasteiger partial charge in [-0.3, -0.25) is 0 Å². The Morgan fingerprint density at radius 3 is 2.86 bits per heavy atom. The first-order chi connectivity index (χ1) is 10.1. The summed E-state index contributed by atoms with van der Waals surface area (Å²) in [7, 11) is 1.33. The number of methoxy groups -OCH3 is 1. The summed E-state index contributed by atoms with van der Waals surface area (Å²) < 4.78 is 23.6. The van der Waals surface area contributed by atoms with E-state index in [1.54, 1.807) is 25.1 Å². The van der Waals surface area contributed by atoms with Crippen LogP contribution in [0, 0.1) is 12.7 Å². The van der Waals surface area contributed by atoms with Crippen LogP contribution in [0.1, 0.15) is 27.4 Å². The standard InChI is InChI=1S/C16H18FNO3/c1-11-14(16(19)20-2)9-13(21-11)10-18-8-7-12-5-3-4-6-15(12)17/h3-6,9,18H,7-8,10H2,1-2H3. The van der Waals surface area contributed by atoms with Crippen molar-refractivity contribution in [3.05, 3.63) is 58.8 Å². The van der Waals surface area contributed by atoms with Gasteiger partial charge in [0.1, 0.15) is 22.9 Å². The summed E-state index contributed by atoms with van der Waals surface area (Å²) in [6.45, 7) is 2.82. The number of halogens is 1. The molecule has 0 atom stereocenters. The van der Waals surface area contributed by atoms with Gasteiger partial charge in [0, 0.05) is 0 Å². The SMILES string of the molecule is COC(=O)c1cc(CNCCc2ccccc2F)oc1C. The number of ether oxygens (including phenoxy) is 1. The second kappa shape index (κ2) is 7.04. The van der Waals surface area contributed by atoms with Gasteiger partial charge in [-0.25, -0.2) is 9.18 Å². The zero-order valence-electron chi connectivity index (χ0n) is 12.1. The third kappa shape index (κ3) is 3.92. The second-order valence-corrected chi connectivity index (χ2v) is 4.69. The van der Waals surface area contributed by atoms with E-state index in [9.17, 15) is 9.18 Å². The molecule has 1 aromatic carbocycles. The number of aryl methyl sites for hydroxylation is 1. The summed E-state index contributed by atoms with van der Waals surface area (Å²) in [5.74, 6) is 0.587. The number of carbonyl (C=O) groups is 1. The Balaban J connectivity index is 1.84. The molecule has 0 bridgehead atoms. The predicted molar refractivity (Wildman–Crippen MR) is 76.6 cm³/mol. The van der Waals surface area contributed by atoms with Gasteiger partial charge in [-0.1, -0.05) is 18.2 Å². The number of nitrogens with one attached hydrogen (secondary N) is 1. The largest absolute Gasteiger partial charge is 0.465 e. The lowest BCUT2D eigenvalue weighted by Gasteiger charge is -2.04. The number of hydrogen-bond donors (Lipinski definition) is 1. The minimum Gasteiger partial charge on any atom is -0.465 e. The van der Waals surface area contributed by atoms with Crippen LogP contribution in [0.5, 0.6) is 0 Å². The molecule has 0 saturated carbocycles. The van der Waals surface area contributed by atoms with Crippen molar-refractivity contribution in [3.8, 4) is 0 Å². The van der Waals surface area contributed by atoms with E-state index in [0.717, 1.165) is 0 Å². The molecule has 0 radical (unpaired) electrons. The lowest BCUT2D eigenvalue weighted by Crippen LogP contribution is -2.16. The molecule has 21 heavy (non-hydrogen) atoms. The first-order valence-corrected chi connectivity index (χ1v) is 6.73. The van der Waals surface area contributed by atoms with Crippen LogP contribution >= 0.6 is 0 Å². The molecule has 0 aliphatic rings. The summed E-state index contributed by atoms with van der Waals surface area (Å²) >= 11 is 0. The molecule has 1 N–H and O–H groups in total. The van der Waals surface area contributed by atoms with Crippen molar-refractivity contribution >= 4 is 5.97 Å². The third-order valence-corrected chi connectivity index (χ3v) is 3.20. The Morgan fingerprint density at radius 1 is 1.38 bits per heavy atom. The number of esters is 1. The Morgan fingerprint density at radius 2 is 2.14 bits per heavy atom. The minimum atomic E-state index is -0.408. The van der Waals surface area contributed by atoms with Crippen LogP contribution < -0.4 is 5.32 Å². The molecule has 5 heteroatoms. The Labute approximate surface area is 122 Å². The molecule has 0 unspecified atom stereocenters. The van der Waals surface area contributed by atoms with Crippen molar-refractivity contribution in [3.63, 3.8) is 0 Å². The molecular formula is C16H18FNO3. The second-order valence-electron chi connectivity index (χ2n) is 4.69. The Hall–Kier alpha value is -2.14. The fourth-order valence-electron chi connectivity index (χ4n) is 2.08. The average Bonchev–Trinajstić information content (AvgIpc) is 2.85. The van der Waals surface area contributed by atoms with E-state index in [0.29, 0.717) is 42.2 Å². The van der Waals surface area contributed by atoms with Crippen LogP contribution in [0.2, 0.25) is 0 Å². The van der Waals surface area contributed by atoms with Crippen molar-refractivity contribution < 1.29 is 18.3 Å². The van der Waals surface area contributed by atoms with E-state index in [4.69, 9.17) is 4.42 Å². The lowest BCUT2D eigenvalue weighted by molar-refractivity contribution is 0.0599. The van der Waals surface area contributed by atoms with Crippen LogP contribution in [0.25, 0.3) is 0 Å². The zero-order chi connectivity index (χ0) is 15.2. The normalized spacial score (nSPS) is 10.6. The van der Waals surface area contributed by atoms with Crippen LogP contribution in [0.15, 0.2) is 34.7 Å². The zero-order valence-corrected chi connectivity index (χ0v) is 12.1. The first kappa shape index (κ1) is 15.3. The van der Waals surface area contributed by atoms with Crippen molar-refractivity contribution in [2.45, 2.75) is 19.9 Å². The average molecular weight is 291 g/mol. The molecule has 0 amide bonds. The van der Waals surface area contributed by atoms with E-state index < -0.39 is 5.97 Å². The smallest absolute Gasteiger partial charge is 0.341 e. The van der Waals surface area contributed by atoms with Gasteiger partial charge in [-0.15, -0.1) is 0 Å². The molecule has 2 aromatic rings. The van der Waals surface area contributed by atoms with Gasteiger partial charge in [-0.2, -0.15) is 0 Å². The van der Waals surface area contributed by atoms with Gasteiger partial charge in [-0.05, 0) is 37.6 Å². The summed E-state index contributed by atoms with van der Waals surface area (Å²) in [5, 5.41) is 3.16. The highest BCUT2D eigenvalue weighted by Gasteiger charge is 2.14. The summed E-state index contributed by atoms with van der Waals surface area (Å²) in [5.41, 5.74) is 1.11. The molecule has 0 saturated heterocycles. The summed E-state index contributed by atoms with van der Waals surface area (Å²) in [4.78, 5) is 11.5. The molecular weight excluding hydrogens is 273 g/mol. The number of hydrogen-bond acceptors (Lipinski definition) is 4. The predicted octanol–water partition coefficient (Wildman–Crippen LogP) is 2.85.